The smallest absolute Gasteiger partial charge is 0.0225 e. The van der Waals surface area contributed by atoms with Gasteiger partial charge in [0, 0.05) is 23.9 Å². The van der Waals surface area contributed by atoms with Crippen molar-refractivity contribution in [1.29, 1.82) is 0 Å². The van der Waals surface area contributed by atoms with Gasteiger partial charge in [-0.2, -0.15) is 11.8 Å². The average Bonchev–Trinajstić information content (AvgIpc) is 2.19. The van der Waals surface area contributed by atoms with Crippen LogP contribution in [0.3, 0.4) is 0 Å². The van der Waals surface area contributed by atoms with Crippen LogP contribution in [0.25, 0.3) is 0 Å². The zero-order valence-corrected chi connectivity index (χ0v) is 10.5. The second-order valence-corrected chi connectivity index (χ2v) is 6.25. The number of hydrogen-bond acceptors (Lipinski definition) is 3. The summed E-state index contributed by atoms with van der Waals surface area (Å²) >= 11 is 1.93. The van der Waals surface area contributed by atoms with E-state index in [0.717, 1.165) is 13.1 Å². The lowest BCUT2D eigenvalue weighted by Crippen LogP contribution is -2.44. The minimum Gasteiger partial charge on any atom is -0.314 e. The van der Waals surface area contributed by atoms with Gasteiger partial charge in [-0.15, -0.1) is 0 Å². The predicted molar refractivity (Wildman–Crippen MR) is 66.1 cm³/mol. The molecule has 0 aliphatic carbocycles. The van der Waals surface area contributed by atoms with Gasteiger partial charge in [0.25, 0.3) is 0 Å². The van der Waals surface area contributed by atoms with E-state index in [1.54, 1.807) is 0 Å². The topological polar surface area (TPSA) is 24.1 Å². The van der Waals surface area contributed by atoms with Crippen molar-refractivity contribution in [3.63, 3.8) is 0 Å². The van der Waals surface area contributed by atoms with Crippen LogP contribution in [0, 0.1) is 0 Å². The molecule has 0 aromatic carbocycles. The van der Waals surface area contributed by atoms with Crippen molar-refractivity contribution in [3.8, 4) is 0 Å². The molecule has 0 aromatic rings. The Morgan fingerprint density at radius 2 is 2.21 bits per heavy atom. The highest BCUT2D eigenvalue weighted by molar-refractivity contribution is 7.99. The van der Waals surface area contributed by atoms with Crippen LogP contribution < -0.4 is 10.6 Å². The molecule has 1 saturated heterocycles. The summed E-state index contributed by atoms with van der Waals surface area (Å²) in [7, 11) is 0. The van der Waals surface area contributed by atoms with E-state index in [9.17, 15) is 0 Å². The van der Waals surface area contributed by atoms with Gasteiger partial charge in [-0.25, -0.2) is 0 Å². The maximum absolute atomic E-state index is 3.56. The van der Waals surface area contributed by atoms with E-state index in [1.165, 1.54) is 25.8 Å². The third-order valence-corrected chi connectivity index (χ3v) is 4.16. The number of piperidine rings is 1. The molecule has 0 aromatic heterocycles. The van der Waals surface area contributed by atoms with Crippen molar-refractivity contribution in [2.45, 2.75) is 43.9 Å². The molecule has 0 spiro atoms. The summed E-state index contributed by atoms with van der Waals surface area (Å²) in [4.78, 5) is 0. The first-order chi connectivity index (χ1) is 6.64. The largest absolute Gasteiger partial charge is 0.314 e. The molecule has 1 heterocycles. The maximum atomic E-state index is 3.56. The van der Waals surface area contributed by atoms with E-state index in [-0.39, 0.29) is 0 Å². The molecule has 0 amide bonds. The van der Waals surface area contributed by atoms with E-state index in [2.05, 4.69) is 30.7 Å². The molecule has 0 bridgehead atoms. The normalized spacial score (nSPS) is 23.8. The van der Waals surface area contributed by atoms with Crippen molar-refractivity contribution in [3.05, 3.63) is 0 Å². The van der Waals surface area contributed by atoms with Gasteiger partial charge < -0.3 is 10.6 Å². The highest BCUT2D eigenvalue weighted by Crippen LogP contribution is 2.19. The molecule has 2 nitrogen and oxygen atoms in total. The zero-order valence-electron chi connectivity index (χ0n) is 9.73. The standard InChI is InChI=1S/C11H24N2S/c1-11(2,14-3)9-12-8-10-6-4-5-7-13-10/h10,12-13H,4-9H2,1-3H3. The van der Waals surface area contributed by atoms with Gasteiger partial charge in [0.1, 0.15) is 0 Å². The Kier molecular flexibility index (Phi) is 5.28. The molecule has 84 valence electrons. The second-order valence-electron chi connectivity index (χ2n) is 4.74. The van der Waals surface area contributed by atoms with Crippen molar-refractivity contribution >= 4 is 11.8 Å². The predicted octanol–water partition coefficient (Wildman–Crippen LogP) is 1.86. The first kappa shape index (κ1) is 12.3. The summed E-state index contributed by atoms with van der Waals surface area (Å²) in [5.74, 6) is 0. The van der Waals surface area contributed by atoms with Gasteiger partial charge in [0.15, 0.2) is 0 Å². The lowest BCUT2D eigenvalue weighted by atomic mass is 10.0. The SMILES string of the molecule is CSC(C)(C)CNCC1CCCCN1. The minimum absolute atomic E-state index is 0.370. The molecule has 1 aliphatic heterocycles. The van der Waals surface area contributed by atoms with Crippen molar-refractivity contribution in [1.82, 2.24) is 10.6 Å². The Hall–Kier alpha value is 0.270. The first-order valence-electron chi connectivity index (χ1n) is 5.63. The van der Waals surface area contributed by atoms with Crippen LogP contribution in [-0.2, 0) is 0 Å². The molecular formula is C11H24N2S. The highest BCUT2D eigenvalue weighted by atomic mass is 32.2. The molecule has 0 radical (unpaired) electrons. The molecule has 14 heavy (non-hydrogen) atoms. The Morgan fingerprint density at radius 3 is 2.79 bits per heavy atom. The lowest BCUT2D eigenvalue weighted by molar-refractivity contribution is 0.379. The maximum Gasteiger partial charge on any atom is 0.0225 e. The van der Waals surface area contributed by atoms with Crippen LogP contribution in [0.15, 0.2) is 0 Å². The summed E-state index contributed by atoms with van der Waals surface area (Å²) < 4.78 is 0.370. The van der Waals surface area contributed by atoms with E-state index in [4.69, 9.17) is 0 Å². The van der Waals surface area contributed by atoms with Gasteiger partial charge in [-0.3, -0.25) is 0 Å². The first-order valence-corrected chi connectivity index (χ1v) is 6.86. The zero-order chi connectivity index (χ0) is 10.4. The molecule has 3 heteroatoms. The van der Waals surface area contributed by atoms with Gasteiger partial charge >= 0.3 is 0 Å². The fraction of sp³-hybridized carbons (Fsp3) is 1.00. The van der Waals surface area contributed by atoms with Crippen LogP contribution in [0.2, 0.25) is 0 Å². The third kappa shape index (κ3) is 4.67. The molecule has 1 rings (SSSR count). The average molecular weight is 216 g/mol. The van der Waals surface area contributed by atoms with E-state index in [0.29, 0.717) is 10.8 Å². The van der Waals surface area contributed by atoms with Crippen molar-refractivity contribution < 1.29 is 0 Å². The summed E-state index contributed by atoms with van der Waals surface area (Å²) in [6, 6.07) is 0.710. The number of hydrogen-bond donors (Lipinski definition) is 2. The highest BCUT2D eigenvalue weighted by Gasteiger charge is 2.17. The van der Waals surface area contributed by atoms with Crippen molar-refractivity contribution in [2.75, 3.05) is 25.9 Å². The number of rotatable bonds is 5. The molecule has 2 N–H and O–H groups in total. The van der Waals surface area contributed by atoms with E-state index >= 15 is 0 Å². The van der Waals surface area contributed by atoms with Crippen LogP contribution in [-0.4, -0.2) is 36.7 Å². The molecule has 1 atom stereocenters. The third-order valence-electron chi connectivity index (χ3n) is 2.91. The van der Waals surface area contributed by atoms with Crippen LogP contribution >= 0.6 is 11.8 Å². The van der Waals surface area contributed by atoms with Gasteiger partial charge in [0.05, 0.1) is 0 Å². The monoisotopic (exact) mass is 216 g/mol. The second kappa shape index (κ2) is 5.99. The van der Waals surface area contributed by atoms with Crippen molar-refractivity contribution in [2.24, 2.45) is 0 Å². The fourth-order valence-electron chi connectivity index (χ4n) is 1.72. The van der Waals surface area contributed by atoms with Gasteiger partial charge in [-0.05, 0) is 39.5 Å². The summed E-state index contributed by atoms with van der Waals surface area (Å²) in [5, 5.41) is 7.12. The van der Waals surface area contributed by atoms with Crippen LogP contribution in [0.4, 0.5) is 0 Å². The fourth-order valence-corrected chi connectivity index (χ4v) is 1.96. The number of nitrogens with one attached hydrogen (secondary N) is 2. The Morgan fingerprint density at radius 1 is 1.43 bits per heavy atom. The molecule has 1 fully saturated rings. The Labute approximate surface area is 92.6 Å². The Balaban J connectivity index is 2.08. The summed E-state index contributed by atoms with van der Waals surface area (Å²) in [6.07, 6.45) is 6.27. The summed E-state index contributed by atoms with van der Waals surface area (Å²) in [5.41, 5.74) is 0. The van der Waals surface area contributed by atoms with Gasteiger partial charge in [0.2, 0.25) is 0 Å². The molecular weight excluding hydrogens is 192 g/mol. The number of thioether (sulfide) groups is 1. The minimum atomic E-state index is 0.370. The molecule has 0 saturated carbocycles. The molecule has 1 unspecified atom stereocenters. The Bertz CT molecular complexity index is 153. The van der Waals surface area contributed by atoms with Crippen LogP contribution in [0.5, 0.6) is 0 Å². The van der Waals surface area contributed by atoms with Gasteiger partial charge in [-0.1, -0.05) is 6.42 Å². The van der Waals surface area contributed by atoms with E-state index < -0.39 is 0 Å². The quantitative estimate of drug-likeness (QED) is 0.733. The van der Waals surface area contributed by atoms with Crippen LogP contribution in [0.1, 0.15) is 33.1 Å². The lowest BCUT2D eigenvalue weighted by Gasteiger charge is -2.27. The molecule has 1 aliphatic rings. The summed E-state index contributed by atoms with van der Waals surface area (Å²) in [6.45, 7) is 8.02. The van der Waals surface area contributed by atoms with E-state index in [1.807, 2.05) is 11.8 Å².